The van der Waals surface area contributed by atoms with Crippen molar-refractivity contribution >= 4 is 21.2 Å². The van der Waals surface area contributed by atoms with Crippen LogP contribution in [0.1, 0.15) is 18.5 Å². The molecule has 0 spiro atoms. The van der Waals surface area contributed by atoms with E-state index >= 15 is 0 Å². The van der Waals surface area contributed by atoms with Crippen molar-refractivity contribution in [3.05, 3.63) is 70.8 Å². The lowest BCUT2D eigenvalue weighted by molar-refractivity contribution is -0.384. The molecule has 3 aromatic rings. The first-order valence-electron chi connectivity index (χ1n) is 8.35. The van der Waals surface area contributed by atoms with Crippen LogP contribution in [0.4, 0.5) is 11.4 Å². The van der Waals surface area contributed by atoms with Gasteiger partial charge < -0.3 is 4.90 Å². The highest BCUT2D eigenvalue weighted by molar-refractivity contribution is 7.90. The molecule has 0 saturated carbocycles. The molecular weight excluding hydrogens is 382 g/mol. The molecule has 146 valence electrons. The second-order valence-corrected chi connectivity index (χ2v) is 8.41. The Bertz CT molecular complexity index is 1100. The number of benzene rings is 2. The molecule has 2 aromatic carbocycles. The van der Waals surface area contributed by atoms with Gasteiger partial charge in [0.15, 0.2) is 9.84 Å². The Hall–Kier alpha value is -3.27. The van der Waals surface area contributed by atoms with Crippen molar-refractivity contribution in [1.82, 2.24) is 14.8 Å². The van der Waals surface area contributed by atoms with Crippen LogP contribution in [0.25, 0.3) is 5.69 Å². The number of sulfone groups is 1. The van der Waals surface area contributed by atoms with Gasteiger partial charge in [0.25, 0.3) is 5.69 Å². The van der Waals surface area contributed by atoms with Crippen LogP contribution in [0.3, 0.4) is 0 Å². The molecule has 0 aliphatic carbocycles. The second-order valence-electron chi connectivity index (χ2n) is 6.40. The summed E-state index contributed by atoms with van der Waals surface area (Å²) in [6.45, 7) is 1.92. The third-order valence-electron chi connectivity index (χ3n) is 4.59. The van der Waals surface area contributed by atoms with Crippen LogP contribution >= 0.6 is 0 Å². The van der Waals surface area contributed by atoms with Gasteiger partial charge in [0, 0.05) is 19.4 Å². The molecule has 0 fully saturated rings. The Morgan fingerprint density at radius 3 is 2.39 bits per heavy atom. The van der Waals surface area contributed by atoms with E-state index in [1.165, 1.54) is 18.5 Å². The van der Waals surface area contributed by atoms with E-state index in [0.717, 1.165) is 23.6 Å². The van der Waals surface area contributed by atoms with Gasteiger partial charge in [-0.1, -0.05) is 12.1 Å². The minimum Gasteiger partial charge on any atom is -0.362 e. The standard InChI is InChI=1S/C18H19N5O4S/c1-13(14-4-6-15(7-5-14)22-12-19-11-20-22)21(2)17-9-8-16(28(3,26)27)10-18(17)23(24)25/h4-13H,1-3H3/t13-/m1/s1. The number of nitrogens with zero attached hydrogens (tertiary/aromatic N) is 5. The van der Waals surface area contributed by atoms with Crippen LogP contribution in [0, 0.1) is 10.1 Å². The maximum atomic E-state index is 11.7. The number of nitro groups is 1. The third-order valence-corrected chi connectivity index (χ3v) is 5.70. The Morgan fingerprint density at radius 1 is 1.18 bits per heavy atom. The van der Waals surface area contributed by atoms with E-state index in [-0.39, 0.29) is 16.6 Å². The lowest BCUT2D eigenvalue weighted by Crippen LogP contribution is -2.22. The normalized spacial score (nSPS) is 12.5. The maximum Gasteiger partial charge on any atom is 0.293 e. The highest BCUT2D eigenvalue weighted by atomic mass is 32.2. The molecule has 28 heavy (non-hydrogen) atoms. The van der Waals surface area contributed by atoms with Gasteiger partial charge >= 0.3 is 0 Å². The molecule has 0 bridgehead atoms. The average Bonchev–Trinajstić information content (AvgIpc) is 3.20. The van der Waals surface area contributed by atoms with Crippen molar-refractivity contribution < 1.29 is 13.3 Å². The minimum absolute atomic E-state index is 0.0822. The van der Waals surface area contributed by atoms with Crippen molar-refractivity contribution in [3.63, 3.8) is 0 Å². The zero-order valence-corrected chi connectivity index (χ0v) is 16.4. The smallest absolute Gasteiger partial charge is 0.293 e. The summed E-state index contributed by atoms with van der Waals surface area (Å²) in [5, 5.41) is 15.6. The van der Waals surface area contributed by atoms with Gasteiger partial charge in [-0.25, -0.2) is 18.1 Å². The summed E-state index contributed by atoms with van der Waals surface area (Å²) in [5.74, 6) is 0. The Labute approximate surface area is 162 Å². The Morgan fingerprint density at radius 2 is 1.86 bits per heavy atom. The van der Waals surface area contributed by atoms with Crippen LogP contribution in [-0.2, 0) is 9.84 Å². The quantitative estimate of drug-likeness (QED) is 0.461. The first-order valence-corrected chi connectivity index (χ1v) is 10.2. The largest absolute Gasteiger partial charge is 0.362 e. The zero-order chi connectivity index (χ0) is 20.5. The molecule has 0 aliphatic heterocycles. The molecule has 3 rings (SSSR count). The fourth-order valence-corrected chi connectivity index (χ4v) is 3.50. The highest BCUT2D eigenvalue weighted by Crippen LogP contribution is 2.34. The van der Waals surface area contributed by atoms with Crippen molar-refractivity contribution in [2.75, 3.05) is 18.2 Å². The Balaban J connectivity index is 1.92. The summed E-state index contributed by atoms with van der Waals surface area (Å²) in [6, 6.07) is 11.4. The SMILES string of the molecule is C[C@H](c1ccc(-n2cncn2)cc1)N(C)c1ccc(S(C)(=O)=O)cc1[N+](=O)[O-]. The second kappa shape index (κ2) is 7.39. The average molecular weight is 401 g/mol. The molecule has 0 amide bonds. The summed E-state index contributed by atoms with van der Waals surface area (Å²) < 4.78 is 25.1. The summed E-state index contributed by atoms with van der Waals surface area (Å²) in [5.41, 5.74) is 1.87. The predicted molar refractivity (Wildman–Crippen MR) is 104 cm³/mol. The third kappa shape index (κ3) is 3.86. The van der Waals surface area contributed by atoms with Crippen molar-refractivity contribution in [2.45, 2.75) is 17.9 Å². The van der Waals surface area contributed by atoms with E-state index in [1.807, 2.05) is 31.2 Å². The van der Waals surface area contributed by atoms with Gasteiger partial charge in [-0.15, -0.1) is 0 Å². The van der Waals surface area contributed by atoms with Crippen LogP contribution in [-0.4, -0.2) is 41.4 Å². The van der Waals surface area contributed by atoms with Crippen LogP contribution in [0.5, 0.6) is 0 Å². The fraction of sp³-hybridized carbons (Fsp3) is 0.222. The minimum atomic E-state index is -3.54. The number of anilines is 1. The molecule has 9 nitrogen and oxygen atoms in total. The molecule has 1 atom stereocenters. The first-order chi connectivity index (χ1) is 13.2. The van der Waals surface area contributed by atoms with E-state index in [2.05, 4.69) is 10.1 Å². The van der Waals surface area contributed by atoms with E-state index in [1.54, 1.807) is 23.0 Å². The number of hydrogen-bond acceptors (Lipinski definition) is 7. The van der Waals surface area contributed by atoms with Crippen LogP contribution < -0.4 is 4.90 Å². The Kier molecular flexibility index (Phi) is 5.14. The van der Waals surface area contributed by atoms with Gasteiger partial charge in [0.1, 0.15) is 18.3 Å². The lowest BCUT2D eigenvalue weighted by Gasteiger charge is -2.27. The predicted octanol–water partition coefficient (Wildman–Crippen LogP) is 2.78. The molecule has 10 heteroatoms. The van der Waals surface area contributed by atoms with E-state index in [4.69, 9.17) is 0 Å². The summed E-state index contributed by atoms with van der Waals surface area (Å²) >= 11 is 0. The van der Waals surface area contributed by atoms with E-state index in [0.29, 0.717) is 5.69 Å². The molecule has 0 radical (unpaired) electrons. The van der Waals surface area contributed by atoms with Crippen LogP contribution in [0.15, 0.2) is 60.0 Å². The lowest BCUT2D eigenvalue weighted by atomic mass is 10.1. The molecule has 0 N–H and O–H groups in total. The van der Waals surface area contributed by atoms with Crippen molar-refractivity contribution in [2.24, 2.45) is 0 Å². The first kappa shape index (κ1) is 19.5. The van der Waals surface area contributed by atoms with Gasteiger partial charge in [-0.05, 0) is 36.8 Å². The number of nitro benzene ring substituents is 1. The number of hydrogen-bond donors (Lipinski definition) is 0. The number of rotatable bonds is 6. The monoisotopic (exact) mass is 401 g/mol. The van der Waals surface area contributed by atoms with Crippen LogP contribution in [0.2, 0.25) is 0 Å². The van der Waals surface area contributed by atoms with E-state index < -0.39 is 14.8 Å². The van der Waals surface area contributed by atoms with Gasteiger partial charge in [-0.3, -0.25) is 10.1 Å². The van der Waals surface area contributed by atoms with Gasteiger partial charge in [0.05, 0.1) is 21.5 Å². The molecule has 0 aliphatic rings. The van der Waals surface area contributed by atoms with Gasteiger partial charge in [0.2, 0.25) is 0 Å². The molecule has 0 saturated heterocycles. The molecule has 0 unspecified atom stereocenters. The highest BCUT2D eigenvalue weighted by Gasteiger charge is 2.24. The summed E-state index contributed by atoms with van der Waals surface area (Å²) in [6.07, 6.45) is 4.07. The zero-order valence-electron chi connectivity index (χ0n) is 15.6. The maximum absolute atomic E-state index is 11.7. The fourth-order valence-electron chi connectivity index (χ4n) is 2.86. The van der Waals surface area contributed by atoms with Crippen molar-refractivity contribution in [3.8, 4) is 5.69 Å². The van der Waals surface area contributed by atoms with Gasteiger partial charge in [-0.2, -0.15) is 5.10 Å². The molecule has 1 heterocycles. The number of aromatic nitrogens is 3. The molecule has 1 aromatic heterocycles. The summed E-state index contributed by atoms with van der Waals surface area (Å²) in [7, 11) is -1.80. The molecular formula is C18H19N5O4S. The van der Waals surface area contributed by atoms with E-state index in [9.17, 15) is 18.5 Å². The topological polar surface area (TPSA) is 111 Å². The van der Waals surface area contributed by atoms with Crippen molar-refractivity contribution in [1.29, 1.82) is 0 Å². The summed E-state index contributed by atoms with van der Waals surface area (Å²) in [4.78, 5) is 16.5.